The summed E-state index contributed by atoms with van der Waals surface area (Å²) >= 11 is 0. The maximum absolute atomic E-state index is 13.9. The van der Waals surface area contributed by atoms with E-state index in [0.29, 0.717) is 51.8 Å². The van der Waals surface area contributed by atoms with E-state index in [2.05, 4.69) is 4.90 Å². The van der Waals surface area contributed by atoms with Crippen molar-refractivity contribution in [2.24, 2.45) is 0 Å². The van der Waals surface area contributed by atoms with Gasteiger partial charge in [0.15, 0.2) is 11.6 Å². The zero-order valence-electron chi connectivity index (χ0n) is 24.5. The molecule has 0 unspecified atom stereocenters. The second kappa shape index (κ2) is 12.2. The lowest BCUT2D eigenvalue weighted by Crippen LogP contribution is -2.53. The van der Waals surface area contributed by atoms with Crippen LogP contribution in [0.1, 0.15) is 59.4 Å². The first-order valence-electron chi connectivity index (χ1n) is 13.6. The van der Waals surface area contributed by atoms with Gasteiger partial charge in [-0.1, -0.05) is 0 Å². The molecule has 224 valence electrons. The number of halogens is 2. The van der Waals surface area contributed by atoms with Gasteiger partial charge in [0.05, 0.1) is 0 Å². The van der Waals surface area contributed by atoms with Crippen molar-refractivity contribution in [1.29, 1.82) is 0 Å². The van der Waals surface area contributed by atoms with Crippen LogP contribution < -0.4 is 0 Å². The summed E-state index contributed by atoms with van der Waals surface area (Å²) in [6.07, 6.45) is -0.758. The number of hydrogen-bond donors (Lipinski definition) is 1. The third-order valence-electron chi connectivity index (χ3n) is 6.73. The van der Waals surface area contributed by atoms with E-state index < -0.39 is 52.7 Å². The molecule has 0 aromatic heterocycles. The van der Waals surface area contributed by atoms with Gasteiger partial charge >= 0.3 is 12.2 Å². The maximum atomic E-state index is 13.9. The molecule has 1 aromatic rings. The molecule has 3 rings (SSSR count). The molecule has 1 N–H and O–H groups in total. The van der Waals surface area contributed by atoms with E-state index in [0.717, 1.165) is 6.07 Å². The van der Waals surface area contributed by atoms with Crippen LogP contribution in [0.3, 0.4) is 0 Å². The second-order valence-electron chi connectivity index (χ2n) is 12.5. The Kier molecular flexibility index (Phi) is 9.54. The van der Waals surface area contributed by atoms with Gasteiger partial charge in [-0.05, 0) is 54.0 Å². The Morgan fingerprint density at radius 3 is 2.12 bits per heavy atom. The number of ether oxygens (including phenoxy) is 2. The van der Waals surface area contributed by atoms with Gasteiger partial charge in [-0.3, -0.25) is 14.6 Å². The number of hydrogen-bond acceptors (Lipinski definition) is 7. The Bertz CT molecular complexity index is 1100. The number of rotatable bonds is 7. The van der Waals surface area contributed by atoms with Crippen LogP contribution >= 0.6 is 0 Å². The molecule has 1 heterocycles. The summed E-state index contributed by atoms with van der Waals surface area (Å²) in [4.78, 5) is 45.1. The molecular weight excluding hydrogens is 526 g/mol. The molecule has 2 atom stereocenters. The molecule has 0 radical (unpaired) electrons. The molecule has 40 heavy (non-hydrogen) atoms. The highest BCUT2D eigenvalue weighted by Crippen LogP contribution is 2.48. The van der Waals surface area contributed by atoms with Crippen molar-refractivity contribution >= 4 is 18.1 Å². The van der Waals surface area contributed by atoms with Crippen LogP contribution in [-0.4, -0.2) is 113 Å². The van der Waals surface area contributed by atoms with Crippen molar-refractivity contribution in [1.82, 2.24) is 19.6 Å². The van der Waals surface area contributed by atoms with Gasteiger partial charge in [-0.15, -0.1) is 0 Å². The minimum absolute atomic E-state index is 0.0634. The summed E-state index contributed by atoms with van der Waals surface area (Å²) in [5.41, 5.74) is -1.32. The fourth-order valence-corrected chi connectivity index (χ4v) is 4.56. The van der Waals surface area contributed by atoms with E-state index in [4.69, 9.17) is 9.47 Å². The van der Waals surface area contributed by atoms with Gasteiger partial charge in [0, 0.05) is 69.9 Å². The lowest BCUT2D eigenvalue weighted by Gasteiger charge is -2.36. The number of nitrogens with zero attached hydrogens (tertiary/aromatic N) is 4. The van der Waals surface area contributed by atoms with E-state index in [1.807, 2.05) is 20.8 Å². The lowest BCUT2D eigenvalue weighted by molar-refractivity contribution is -0.134. The molecule has 1 saturated heterocycles. The van der Waals surface area contributed by atoms with Crippen LogP contribution in [0.2, 0.25) is 0 Å². The molecule has 3 amide bonds. The first-order chi connectivity index (χ1) is 18.4. The van der Waals surface area contributed by atoms with Crippen LogP contribution in [0.4, 0.5) is 18.4 Å². The average Bonchev–Trinajstić information content (AvgIpc) is 3.61. The molecule has 1 aliphatic heterocycles. The van der Waals surface area contributed by atoms with Gasteiger partial charge in [0.2, 0.25) is 5.91 Å². The zero-order valence-corrected chi connectivity index (χ0v) is 24.5. The normalized spacial score (nSPS) is 19.7. The van der Waals surface area contributed by atoms with Crippen LogP contribution in [0.15, 0.2) is 12.1 Å². The van der Waals surface area contributed by atoms with E-state index in [9.17, 15) is 28.3 Å². The monoisotopic (exact) mass is 568 g/mol. The quantitative estimate of drug-likeness (QED) is 0.534. The van der Waals surface area contributed by atoms with Crippen LogP contribution in [0.25, 0.3) is 0 Å². The highest BCUT2D eigenvalue weighted by Gasteiger charge is 2.48. The number of carbonyl (C=O) groups is 3. The number of likely N-dealkylation sites (N-methyl/N-ethyl adjacent to an activating group) is 1. The van der Waals surface area contributed by atoms with Crippen molar-refractivity contribution in [3.63, 3.8) is 0 Å². The Hall–Kier alpha value is -3.15. The summed E-state index contributed by atoms with van der Waals surface area (Å²) in [5, 5.41) is 10.1. The van der Waals surface area contributed by atoms with Crippen molar-refractivity contribution in [3.05, 3.63) is 29.3 Å². The number of phenolic OH excluding ortho intramolecular Hbond substituents is 1. The SMILES string of the molecule is CN(CCN1CCN(C(=O)CN(C(=O)OC(C)(C)C)[C@@H]2C[C@H]2c2cc(F)cc(F)c2O)CC1)C(=O)OC(C)(C)C. The van der Waals surface area contributed by atoms with Crippen molar-refractivity contribution in [3.8, 4) is 5.75 Å². The predicted octanol–water partition coefficient (Wildman–Crippen LogP) is 3.77. The van der Waals surface area contributed by atoms with Crippen molar-refractivity contribution in [2.75, 3.05) is 52.9 Å². The molecule has 2 aliphatic rings. The van der Waals surface area contributed by atoms with Crippen LogP contribution in [0.5, 0.6) is 5.75 Å². The van der Waals surface area contributed by atoms with Gasteiger partial charge in [0.1, 0.15) is 23.6 Å². The van der Waals surface area contributed by atoms with Gasteiger partial charge in [-0.2, -0.15) is 0 Å². The fraction of sp³-hybridized carbons (Fsp3) is 0.679. The van der Waals surface area contributed by atoms with E-state index >= 15 is 0 Å². The van der Waals surface area contributed by atoms with E-state index in [-0.39, 0.29) is 18.0 Å². The number of amides is 3. The maximum Gasteiger partial charge on any atom is 0.411 e. The van der Waals surface area contributed by atoms with Crippen LogP contribution in [-0.2, 0) is 14.3 Å². The zero-order chi connectivity index (χ0) is 30.0. The molecule has 1 aromatic carbocycles. The molecular formula is C28H42F2N4O6. The molecule has 10 nitrogen and oxygen atoms in total. The highest BCUT2D eigenvalue weighted by atomic mass is 19.1. The van der Waals surface area contributed by atoms with Crippen molar-refractivity contribution < 1.29 is 37.7 Å². The number of piperazine rings is 1. The van der Waals surface area contributed by atoms with E-state index in [1.165, 1.54) is 9.80 Å². The molecule has 2 fully saturated rings. The Labute approximate surface area is 234 Å². The fourth-order valence-electron chi connectivity index (χ4n) is 4.56. The predicted molar refractivity (Wildman–Crippen MR) is 144 cm³/mol. The summed E-state index contributed by atoms with van der Waals surface area (Å²) in [6, 6.07) is 1.11. The minimum atomic E-state index is -1.07. The molecule has 12 heteroatoms. The topological polar surface area (TPSA) is 103 Å². The number of benzene rings is 1. The summed E-state index contributed by atoms with van der Waals surface area (Å²) in [7, 11) is 1.68. The number of phenols is 1. The minimum Gasteiger partial charge on any atom is -0.505 e. The molecule has 1 aliphatic carbocycles. The van der Waals surface area contributed by atoms with Gasteiger partial charge in [0.25, 0.3) is 0 Å². The van der Waals surface area contributed by atoms with Crippen molar-refractivity contribution in [2.45, 2.75) is 71.1 Å². The molecule has 1 saturated carbocycles. The molecule has 0 bridgehead atoms. The Balaban J connectivity index is 1.58. The lowest BCUT2D eigenvalue weighted by atomic mass is 10.1. The standard InChI is InChI=1S/C28H42F2N4O6/c1-27(2,3)39-25(37)31(7)8-9-32-10-12-33(13-11-32)23(35)17-34(26(38)40-28(4,5)6)22-16-19(22)20-14-18(29)15-21(30)24(20)36/h14-15,19,22,36H,8-13,16-17H2,1-7H3/t19-,22+/m0/s1. The highest BCUT2D eigenvalue weighted by molar-refractivity contribution is 5.83. The summed E-state index contributed by atoms with van der Waals surface area (Å²) < 4.78 is 38.7. The summed E-state index contributed by atoms with van der Waals surface area (Å²) in [5.74, 6) is -3.35. The van der Waals surface area contributed by atoms with Gasteiger partial charge < -0.3 is 24.4 Å². The molecule has 0 spiro atoms. The Morgan fingerprint density at radius 1 is 0.975 bits per heavy atom. The largest absolute Gasteiger partial charge is 0.505 e. The Morgan fingerprint density at radius 2 is 1.55 bits per heavy atom. The number of aromatic hydroxyl groups is 1. The van der Waals surface area contributed by atoms with Gasteiger partial charge in [-0.25, -0.2) is 18.4 Å². The second-order valence-corrected chi connectivity index (χ2v) is 12.5. The first kappa shape index (κ1) is 31.4. The summed E-state index contributed by atoms with van der Waals surface area (Å²) in [6.45, 7) is 13.5. The van der Waals surface area contributed by atoms with E-state index in [1.54, 1.807) is 32.7 Å². The third-order valence-corrected chi connectivity index (χ3v) is 6.73. The van der Waals surface area contributed by atoms with Crippen LogP contribution in [0, 0.1) is 11.6 Å². The average molecular weight is 569 g/mol. The smallest absolute Gasteiger partial charge is 0.411 e. The third kappa shape index (κ3) is 8.67. The number of carbonyl (C=O) groups excluding carboxylic acids is 3. The first-order valence-corrected chi connectivity index (χ1v) is 13.6.